The van der Waals surface area contributed by atoms with Crippen molar-refractivity contribution >= 4 is 40.1 Å². The van der Waals surface area contributed by atoms with Crippen LogP contribution in [-0.4, -0.2) is 52.8 Å². The number of halogens is 2. The zero-order chi connectivity index (χ0) is 26.5. The molecule has 2 saturated heterocycles. The van der Waals surface area contributed by atoms with Crippen LogP contribution >= 0.6 is 22.6 Å². The molecule has 0 aliphatic carbocycles. The Hall–Kier alpha value is -2.04. The van der Waals surface area contributed by atoms with Crippen molar-refractivity contribution in [3.8, 4) is 0 Å². The van der Waals surface area contributed by atoms with Crippen LogP contribution in [-0.2, 0) is 26.5 Å². The number of alkyl halides is 1. The number of aliphatic hydroxyl groups excluding tert-OH is 1. The molecule has 2 aromatic carbocycles. The van der Waals surface area contributed by atoms with E-state index in [0.717, 1.165) is 33.2 Å². The van der Waals surface area contributed by atoms with Crippen LogP contribution in [0.3, 0.4) is 0 Å². The van der Waals surface area contributed by atoms with Crippen LogP contribution in [0, 0.1) is 15.4 Å². The number of ether oxygens (including phenoxy) is 1. The van der Waals surface area contributed by atoms with Crippen LogP contribution in [0.15, 0.2) is 48.5 Å². The number of para-hydroxylation sites is 1. The number of fused-ring (bicyclic) bond motifs is 2. The molecule has 37 heavy (non-hydrogen) atoms. The summed E-state index contributed by atoms with van der Waals surface area (Å²) in [5, 5.41) is 9.71. The lowest BCUT2D eigenvalue weighted by molar-refractivity contribution is -0.150. The molecule has 5 rings (SSSR count). The van der Waals surface area contributed by atoms with Gasteiger partial charge in [0.05, 0.1) is 37.4 Å². The lowest BCUT2D eigenvalue weighted by Crippen LogP contribution is -2.45. The van der Waals surface area contributed by atoms with E-state index in [1.165, 1.54) is 13.8 Å². The van der Waals surface area contributed by atoms with Crippen molar-refractivity contribution in [2.75, 3.05) is 18.1 Å². The first-order valence-corrected chi connectivity index (χ1v) is 14.1. The molecule has 0 radical (unpaired) electrons. The highest BCUT2D eigenvalue weighted by Gasteiger charge is 2.66. The van der Waals surface area contributed by atoms with Gasteiger partial charge in [0.15, 0.2) is 5.60 Å². The summed E-state index contributed by atoms with van der Waals surface area (Å²) in [5.74, 6) is -1.53. The van der Waals surface area contributed by atoms with Gasteiger partial charge in [0.2, 0.25) is 5.91 Å². The minimum atomic E-state index is -1.67. The zero-order valence-corrected chi connectivity index (χ0v) is 23.7. The standard InChI is InChI=1S/C29H34FIN2O4/c1-18-26(28(2,3)30)24(15-25(35)32-14-6-7-21(32)17-34)37-29(18)22-8-4-5-9-23(22)33(27(29)36)16-19-10-12-20(31)13-11-19/h4-5,8-13,18,21,24,26,34H,6-7,14-17H2,1-3H3/t18-,21-,24+,26-,29+/m0/s1. The Balaban J connectivity index is 1.51. The molecule has 0 unspecified atom stereocenters. The molecule has 2 fully saturated rings. The third kappa shape index (κ3) is 4.48. The summed E-state index contributed by atoms with van der Waals surface area (Å²) in [6.07, 6.45) is 0.802. The molecule has 3 heterocycles. The van der Waals surface area contributed by atoms with Gasteiger partial charge >= 0.3 is 0 Å². The van der Waals surface area contributed by atoms with Gasteiger partial charge in [0.1, 0.15) is 5.67 Å². The maximum atomic E-state index is 15.8. The fraction of sp³-hybridized carbons (Fsp3) is 0.517. The number of hydrogen-bond acceptors (Lipinski definition) is 4. The number of nitrogens with zero attached hydrogens (tertiary/aromatic N) is 2. The van der Waals surface area contributed by atoms with Gasteiger partial charge in [-0.25, -0.2) is 4.39 Å². The highest BCUT2D eigenvalue weighted by atomic mass is 127. The van der Waals surface area contributed by atoms with Crippen molar-refractivity contribution in [2.24, 2.45) is 11.8 Å². The third-order valence-corrected chi connectivity index (χ3v) is 9.13. The molecular weight excluding hydrogens is 586 g/mol. The molecule has 8 heteroatoms. The van der Waals surface area contributed by atoms with Crippen LogP contribution in [0.5, 0.6) is 0 Å². The minimum Gasteiger partial charge on any atom is -0.394 e. The summed E-state index contributed by atoms with van der Waals surface area (Å²) >= 11 is 2.25. The predicted molar refractivity (Wildman–Crippen MR) is 148 cm³/mol. The monoisotopic (exact) mass is 620 g/mol. The minimum absolute atomic E-state index is 0.0207. The summed E-state index contributed by atoms with van der Waals surface area (Å²) in [4.78, 5) is 31.0. The molecule has 1 N–H and O–H groups in total. The first kappa shape index (κ1) is 26.6. The Morgan fingerprint density at radius 2 is 1.92 bits per heavy atom. The van der Waals surface area contributed by atoms with E-state index >= 15 is 4.39 Å². The van der Waals surface area contributed by atoms with Crippen LogP contribution < -0.4 is 4.90 Å². The van der Waals surface area contributed by atoms with Gasteiger partial charge in [0, 0.05) is 27.5 Å². The first-order chi connectivity index (χ1) is 17.6. The maximum absolute atomic E-state index is 15.8. The molecule has 5 atom stereocenters. The predicted octanol–water partition coefficient (Wildman–Crippen LogP) is 4.81. The van der Waals surface area contributed by atoms with E-state index < -0.39 is 29.2 Å². The van der Waals surface area contributed by atoms with E-state index in [4.69, 9.17) is 4.74 Å². The lowest BCUT2D eigenvalue weighted by atomic mass is 9.71. The second kappa shape index (κ2) is 9.93. The number of carbonyl (C=O) groups is 2. The molecule has 2 aromatic rings. The van der Waals surface area contributed by atoms with E-state index in [9.17, 15) is 14.7 Å². The average molecular weight is 621 g/mol. The van der Waals surface area contributed by atoms with Crippen LogP contribution in [0.2, 0.25) is 0 Å². The largest absolute Gasteiger partial charge is 0.394 e. The topological polar surface area (TPSA) is 70.1 Å². The summed E-state index contributed by atoms with van der Waals surface area (Å²) < 4.78 is 23.6. The number of carbonyl (C=O) groups excluding carboxylic acids is 2. The van der Waals surface area contributed by atoms with Crippen molar-refractivity contribution in [3.05, 3.63) is 63.2 Å². The summed E-state index contributed by atoms with van der Waals surface area (Å²) in [6, 6.07) is 15.4. The van der Waals surface area contributed by atoms with Crippen molar-refractivity contribution in [1.29, 1.82) is 0 Å². The number of anilines is 1. The molecule has 0 aromatic heterocycles. The fourth-order valence-corrected chi connectivity index (χ4v) is 7.13. The van der Waals surface area contributed by atoms with Crippen molar-refractivity contribution in [3.63, 3.8) is 0 Å². The van der Waals surface area contributed by atoms with E-state index in [2.05, 4.69) is 22.6 Å². The van der Waals surface area contributed by atoms with Crippen molar-refractivity contribution in [2.45, 2.75) is 70.0 Å². The molecule has 6 nitrogen and oxygen atoms in total. The average Bonchev–Trinajstić information content (AvgIpc) is 3.51. The van der Waals surface area contributed by atoms with Crippen LogP contribution in [0.4, 0.5) is 10.1 Å². The second-order valence-electron chi connectivity index (χ2n) is 11.1. The Morgan fingerprint density at radius 3 is 2.59 bits per heavy atom. The van der Waals surface area contributed by atoms with Crippen LogP contribution in [0.1, 0.15) is 51.2 Å². The SMILES string of the molecule is C[C@H]1[C@H](C(C)(C)F)[C@@H](CC(=O)N2CCC[C@H]2CO)O[C@]12C(=O)N(Cc1ccc(I)cc1)c1ccccc12. The van der Waals surface area contributed by atoms with Gasteiger partial charge in [-0.1, -0.05) is 37.3 Å². The van der Waals surface area contributed by atoms with Gasteiger partial charge in [-0.3, -0.25) is 9.59 Å². The molecule has 0 saturated carbocycles. The number of rotatable bonds is 6. The Bertz CT molecular complexity index is 1180. The molecule has 3 aliphatic rings. The lowest BCUT2D eigenvalue weighted by Gasteiger charge is -2.32. The van der Waals surface area contributed by atoms with Gasteiger partial charge < -0.3 is 19.6 Å². The smallest absolute Gasteiger partial charge is 0.264 e. The van der Waals surface area contributed by atoms with Gasteiger partial charge in [-0.2, -0.15) is 0 Å². The van der Waals surface area contributed by atoms with Gasteiger partial charge in [0.25, 0.3) is 5.91 Å². The van der Waals surface area contributed by atoms with Crippen molar-refractivity contribution in [1.82, 2.24) is 4.90 Å². The number of hydrogen-bond donors (Lipinski definition) is 1. The number of amides is 2. The summed E-state index contributed by atoms with van der Waals surface area (Å²) in [6.45, 7) is 5.77. The number of benzene rings is 2. The number of likely N-dealkylation sites (tertiary alicyclic amines) is 1. The van der Waals surface area contributed by atoms with Crippen molar-refractivity contribution < 1.29 is 23.8 Å². The summed E-state index contributed by atoms with van der Waals surface area (Å²) in [7, 11) is 0. The number of aliphatic hydroxyl groups is 1. The molecule has 0 bridgehead atoms. The fourth-order valence-electron chi connectivity index (χ4n) is 6.77. The highest BCUT2D eigenvalue weighted by molar-refractivity contribution is 14.1. The third-order valence-electron chi connectivity index (χ3n) is 8.41. The quantitative estimate of drug-likeness (QED) is 0.472. The normalized spacial score (nSPS) is 29.4. The van der Waals surface area contributed by atoms with Gasteiger partial charge in [-0.15, -0.1) is 0 Å². The Morgan fingerprint density at radius 1 is 1.22 bits per heavy atom. The van der Waals surface area contributed by atoms with E-state index in [1.807, 2.05) is 55.5 Å². The Labute approximate surface area is 231 Å². The first-order valence-electron chi connectivity index (χ1n) is 13.0. The van der Waals surface area contributed by atoms with Gasteiger partial charge in [-0.05, 0) is 73.0 Å². The second-order valence-corrected chi connectivity index (χ2v) is 12.3. The maximum Gasteiger partial charge on any atom is 0.264 e. The molecule has 198 valence electrons. The molecule has 3 aliphatic heterocycles. The van der Waals surface area contributed by atoms with E-state index in [1.54, 1.807) is 9.80 Å². The van der Waals surface area contributed by atoms with E-state index in [0.29, 0.717) is 13.1 Å². The summed E-state index contributed by atoms with van der Waals surface area (Å²) in [5.41, 5.74) is -0.546. The molecule has 1 spiro atoms. The molecule has 2 amide bonds. The van der Waals surface area contributed by atoms with E-state index in [-0.39, 0.29) is 30.9 Å². The highest BCUT2D eigenvalue weighted by Crippen LogP contribution is 2.58. The molecular formula is C29H34FIN2O4. The zero-order valence-electron chi connectivity index (χ0n) is 21.5. The van der Waals surface area contributed by atoms with Crippen LogP contribution in [0.25, 0.3) is 0 Å². The Kier molecular flexibility index (Phi) is 7.13.